The largest absolute Gasteiger partial charge is 0.395 e. The van der Waals surface area contributed by atoms with Crippen LogP contribution >= 0.6 is 11.3 Å². The second kappa shape index (κ2) is 5.78. The highest BCUT2D eigenvalue weighted by atomic mass is 32.1. The Morgan fingerprint density at radius 1 is 1.50 bits per heavy atom. The van der Waals surface area contributed by atoms with E-state index in [4.69, 9.17) is 4.98 Å². The van der Waals surface area contributed by atoms with Gasteiger partial charge in [0.05, 0.1) is 35.2 Å². The SMILES string of the molecule is CC#CC1CNC(=O)N1c1nc2c(ccc3ncn(CCO)c32)s1. The summed E-state index contributed by atoms with van der Waals surface area (Å²) in [4.78, 5) is 22.8. The number of benzene rings is 1. The minimum atomic E-state index is -0.207. The Kier molecular flexibility index (Phi) is 3.59. The molecule has 0 radical (unpaired) electrons. The highest BCUT2D eigenvalue weighted by Crippen LogP contribution is 2.34. The highest BCUT2D eigenvalue weighted by molar-refractivity contribution is 7.22. The predicted octanol–water partition coefficient (Wildman–Crippen LogP) is 1.56. The molecule has 1 aliphatic heterocycles. The van der Waals surface area contributed by atoms with E-state index in [1.807, 2.05) is 16.7 Å². The molecule has 1 unspecified atom stereocenters. The van der Waals surface area contributed by atoms with Gasteiger partial charge < -0.3 is 15.0 Å². The molecule has 122 valence electrons. The van der Waals surface area contributed by atoms with Gasteiger partial charge in [0, 0.05) is 6.54 Å². The third kappa shape index (κ3) is 2.21. The molecule has 1 fully saturated rings. The van der Waals surface area contributed by atoms with Crippen molar-refractivity contribution in [1.29, 1.82) is 0 Å². The van der Waals surface area contributed by atoms with Crippen molar-refractivity contribution in [3.8, 4) is 11.8 Å². The second-order valence-electron chi connectivity index (χ2n) is 5.40. The topological polar surface area (TPSA) is 83.3 Å². The number of aliphatic hydroxyl groups is 1. The van der Waals surface area contributed by atoms with Crippen LogP contribution in [-0.4, -0.2) is 44.9 Å². The lowest BCUT2D eigenvalue weighted by atomic mass is 10.3. The number of thiazole rings is 1. The van der Waals surface area contributed by atoms with Crippen LogP contribution in [-0.2, 0) is 6.54 Å². The van der Waals surface area contributed by atoms with Gasteiger partial charge in [-0.3, -0.25) is 4.90 Å². The zero-order chi connectivity index (χ0) is 16.7. The number of hydrogen-bond donors (Lipinski definition) is 2. The first kappa shape index (κ1) is 14.9. The number of nitrogens with one attached hydrogen (secondary N) is 1. The molecule has 1 atom stereocenters. The van der Waals surface area contributed by atoms with Crippen LogP contribution in [0.5, 0.6) is 0 Å². The van der Waals surface area contributed by atoms with Gasteiger partial charge >= 0.3 is 6.03 Å². The van der Waals surface area contributed by atoms with E-state index < -0.39 is 0 Å². The molecular weight excluding hydrogens is 326 g/mol. The normalized spacial score (nSPS) is 17.3. The molecule has 7 nitrogen and oxygen atoms in total. The summed E-state index contributed by atoms with van der Waals surface area (Å²) in [5, 5.41) is 12.7. The van der Waals surface area contributed by atoms with Gasteiger partial charge in [-0.1, -0.05) is 17.3 Å². The number of aromatic nitrogens is 3. The van der Waals surface area contributed by atoms with E-state index >= 15 is 0 Å². The van der Waals surface area contributed by atoms with E-state index in [1.165, 1.54) is 11.3 Å². The van der Waals surface area contributed by atoms with E-state index in [-0.39, 0.29) is 18.7 Å². The van der Waals surface area contributed by atoms with Crippen molar-refractivity contribution in [3.05, 3.63) is 18.5 Å². The lowest BCUT2D eigenvalue weighted by Gasteiger charge is -2.14. The number of anilines is 1. The van der Waals surface area contributed by atoms with Gasteiger partial charge in [-0.2, -0.15) is 0 Å². The quantitative estimate of drug-likeness (QED) is 0.708. The smallest absolute Gasteiger partial charge is 0.324 e. The van der Waals surface area contributed by atoms with Crippen molar-refractivity contribution in [2.24, 2.45) is 0 Å². The van der Waals surface area contributed by atoms with Crippen LogP contribution in [0.25, 0.3) is 21.3 Å². The Labute approximate surface area is 141 Å². The van der Waals surface area contributed by atoms with Gasteiger partial charge in [-0.05, 0) is 19.1 Å². The summed E-state index contributed by atoms with van der Waals surface area (Å²) in [5.41, 5.74) is 2.49. The van der Waals surface area contributed by atoms with Crippen molar-refractivity contribution >= 4 is 43.7 Å². The summed E-state index contributed by atoms with van der Waals surface area (Å²) in [6, 6.07) is 3.51. The van der Waals surface area contributed by atoms with Crippen molar-refractivity contribution in [1.82, 2.24) is 19.9 Å². The number of rotatable bonds is 3. The van der Waals surface area contributed by atoms with Crippen LogP contribution < -0.4 is 10.2 Å². The van der Waals surface area contributed by atoms with Gasteiger partial charge in [0.2, 0.25) is 0 Å². The number of nitrogens with zero attached hydrogens (tertiary/aromatic N) is 4. The number of aliphatic hydroxyl groups excluding tert-OH is 1. The molecule has 1 saturated heterocycles. The average molecular weight is 341 g/mol. The fraction of sp³-hybridized carbons (Fsp3) is 0.312. The summed E-state index contributed by atoms with van der Waals surface area (Å²) in [6.45, 7) is 2.74. The average Bonchev–Trinajstić information content (AvgIpc) is 3.25. The molecule has 8 heteroatoms. The van der Waals surface area contributed by atoms with Gasteiger partial charge in [-0.25, -0.2) is 14.8 Å². The minimum absolute atomic E-state index is 0.0293. The van der Waals surface area contributed by atoms with Crippen molar-refractivity contribution in [2.75, 3.05) is 18.1 Å². The van der Waals surface area contributed by atoms with Crippen LogP contribution in [0.4, 0.5) is 9.93 Å². The maximum Gasteiger partial charge on any atom is 0.324 e. The number of imidazole rings is 1. The molecule has 2 aromatic heterocycles. The molecule has 24 heavy (non-hydrogen) atoms. The van der Waals surface area contributed by atoms with E-state index in [9.17, 15) is 9.90 Å². The second-order valence-corrected chi connectivity index (χ2v) is 6.41. The molecule has 4 rings (SSSR count). The Morgan fingerprint density at radius 3 is 3.17 bits per heavy atom. The summed E-state index contributed by atoms with van der Waals surface area (Å²) < 4.78 is 2.86. The Balaban J connectivity index is 1.88. The molecule has 3 heterocycles. The van der Waals surface area contributed by atoms with Crippen molar-refractivity contribution in [2.45, 2.75) is 19.5 Å². The molecule has 2 amide bonds. The van der Waals surface area contributed by atoms with Crippen LogP contribution in [0.3, 0.4) is 0 Å². The number of carbonyl (C=O) groups is 1. The maximum absolute atomic E-state index is 12.2. The fourth-order valence-corrected chi connectivity index (χ4v) is 3.94. The molecule has 0 bridgehead atoms. The highest BCUT2D eigenvalue weighted by Gasteiger charge is 2.33. The van der Waals surface area contributed by atoms with Crippen LogP contribution in [0.15, 0.2) is 18.5 Å². The molecule has 0 saturated carbocycles. The lowest BCUT2D eigenvalue weighted by molar-refractivity contribution is 0.252. The number of amides is 2. The van der Waals surface area contributed by atoms with Crippen LogP contribution in [0, 0.1) is 11.8 Å². The fourth-order valence-electron chi connectivity index (χ4n) is 2.92. The molecule has 0 spiro atoms. The Bertz CT molecular complexity index is 996. The standard InChI is InChI=1S/C16H15N5O2S/c1-2-3-10-8-17-15(23)21(10)16-19-13-12(24-16)5-4-11-14(13)20(6-7-22)9-18-11/h4-5,9-10,22H,6-8H2,1H3,(H,17,23). The van der Waals surface area contributed by atoms with Gasteiger partial charge in [0.1, 0.15) is 11.6 Å². The Hall–Kier alpha value is -2.63. The molecule has 1 aromatic carbocycles. The number of carbonyl (C=O) groups excluding carboxylic acids is 1. The minimum Gasteiger partial charge on any atom is -0.395 e. The first-order valence-corrected chi connectivity index (χ1v) is 8.39. The maximum atomic E-state index is 12.2. The number of urea groups is 1. The molecule has 2 N–H and O–H groups in total. The zero-order valence-electron chi connectivity index (χ0n) is 13.0. The van der Waals surface area contributed by atoms with Gasteiger partial charge in [-0.15, -0.1) is 5.92 Å². The monoisotopic (exact) mass is 341 g/mol. The third-order valence-electron chi connectivity index (χ3n) is 3.96. The van der Waals surface area contributed by atoms with Crippen LogP contribution in [0.1, 0.15) is 6.92 Å². The lowest BCUT2D eigenvalue weighted by Crippen LogP contribution is -2.33. The molecule has 0 aliphatic carbocycles. The third-order valence-corrected chi connectivity index (χ3v) is 4.98. The van der Waals surface area contributed by atoms with Gasteiger partial charge in [0.25, 0.3) is 0 Å². The number of fused-ring (bicyclic) bond motifs is 3. The summed E-state index contributed by atoms with van der Waals surface area (Å²) in [5.74, 6) is 5.91. The van der Waals surface area contributed by atoms with Crippen molar-refractivity contribution < 1.29 is 9.90 Å². The van der Waals surface area contributed by atoms with Crippen LogP contribution in [0.2, 0.25) is 0 Å². The molecule has 1 aliphatic rings. The Morgan fingerprint density at radius 2 is 2.38 bits per heavy atom. The molecule has 3 aromatic rings. The van der Waals surface area contributed by atoms with E-state index in [1.54, 1.807) is 18.2 Å². The molecular formula is C16H15N5O2S. The zero-order valence-corrected chi connectivity index (χ0v) is 13.8. The first-order chi connectivity index (χ1) is 11.7. The number of hydrogen-bond acceptors (Lipinski definition) is 5. The van der Waals surface area contributed by atoms with Crippen molar-refractivity contribution in [3.63, 3.8) is 0 Å². The van der Waals surface area contributed by atoms with E-state index in [0.717, 1.165) is 21.3 Å². The summed E-state index contributed by atoms with van der Waals surface area (Å²) >= 11 is 1.46. The predicted molar refractivity (Wildman–Crippen MR) is 93.1 cm³/mol. The first-order valence-electron chi connectivity index (χ1n) is 7.57. The van der Waals surface area contributed by atoms with E-state index in [0.29, 0.717) is 18.2 Å². The van der Waals surface area contributed by atoms with Gasteiger partial charge in [0.15, 0.2) is 5.13 Å². The summed E-state index contributed by atoms with van der Waals surface area (Å²) in [7, 11) is 0. The summed E-state index contributed by atoms with van der Waals surface area (Å²) in [6.07, 6.45) is 1.70. The van der Waals surface area contributed by atoms with E-state index in [2.05, 4.69) is 22.1 Å².